The van der Waals surface area contributed by atoms with Crippen molar-refractivity contribution in [1.29, 1.82) is 0 Å². The molecule has 1 aliphatic rings. The molecule has 0 spiro atoms. The van der Waals surface area contributed by atoms with E-state index in [1.807, 2.05) is 19.9 Å². The van der Waals surface area contributed by atoms with Crippen LogP contribution in [0.4, 0.5) is 0 Å². The van der Waals surface area contributed by atoms with Gasteiger partial charge >= 0.3 is 0 Å². The maximum absolute atomic E-state index is 12.6. The predicted molar refractivity (Wildman–Crippen MR) is 111 cm³/mol. The van der Waals surface area contributed by atoms with Crippen LogP contribution in [0.25, 0.3) is 0 Å². The van der Waals surface area contributed by atoms with Crippen LogP contribution in [0.5, 0.6) is 11.5 Å². The molecule has 1 aromatic rings. The van der Waals surface area contributed by atoms with E-state index in [1.54, 1.807) is 19.2 Å². The lowest BCUT2D eigenvalue weighted by Gasteiger charge is -2.37. The van der Waals surface area contributed by atoms with Gasteiger partial charge in [-0.25, -0.2) is 0 Å². The Morgan fingerprint density at radius 1 is 1.25 bits per heavy atom. The van der Waals surface area contributed by atoms with Gasteiger partial charge < -0.3 is 25.8 Å². The molecular formula is C20H32ClN3O4. The highest BCUT2D eigenvalue weighted by Gasteiger charge is 2.37. The number of hydrogen-bond donors (Lipinski definition) is 3. The number of methoxy groups -OCH3 is 1. The number of hydrogen-bond acceptors (Lipinski definition) is 5. The van der Waals surface area contributed by atoms with E-state index in [1.165, 1.54) is 0 Å². The van der Waals surface area contributed by atoms with Gasteiger partial charge in [0.15, 0.2) is 18.1 Å². The average Bonchev–Trinajstić information content (AvgIpc) is 2.64. The summed E-state index contributed by atoms with van der Waals surface area (Å²) < 4.78 is 10.8. The second kappa shape index (κ2) is 11.1. The average molecular weight is 414 g/mol. The van der Waals surface area contributed by atoms with E-state index < -0.39 is 5.54 Å². The molecule has 4 N–H and O–H groups in total. The van der Waals surface area contributed by atoms with Crippen LogP contribution < -0.4 is 25.8 Å². The monoisotopic (exact) mass is 413 g/mol. The molecule has 158 valence electrons. The van der Waals surface area contributed by atoms with Gasteiger partial charge in [0.1, 0.15) is 0 Å². The second-order valence-electron chi connectivity index (χ2n) is 7.25. The maximum atomic E-state index is 12.6. The van der Waals surface area contributed by atoms with Gasteiger partial charge in [-0.2, -0.15) is 0 Å². The minimum absolute atomic E-state index is 0. The van der Waals surface area contributed by atoms with Crippen molar-refractivity contribution in [1.82, 2.24) is 10.6 Å². The Bertz CT molecular complexity index is 667. The molecule has 2 atom stereocenters. The molecule has 0 saturated heterocycles. The molecule has 1 saturated carbocycles. The molecule has 8 heteroatoms. The summed E-state index contributed by atoms with van der Waals surface area (Å²) in [5.41, 5.74) is 6.75. The van der Waals surface area contributed by atoms with Crippen molar-refractivity contribution in [2.24, 2.45) is 11.7 Å². The number of likely N-dealkylation sites (N-methyl/N-ethyl adjacent to an activating group) is 1. The van der Waals surface area contributed by atoms with Crippen LogP contribution >= 0.6 is 12.4 Å². The number of nitrogens with two attached hydrogens (primary N) is 1. The van der Waals surface area contributed by atoms with Crippen LogP contribution in [0.3, 0.4) is 0 Å². The van der Waals surface area contributed by atoms with Crippen molar-refractivity contribution >= 4 is 24.2 Å². The predicted octanol–water partition coefficient (Wildman–Crippen LogP) is 2.16. The first-order valence-corrected chi connectivity index (χ1v) is 9.50. The van der Waals surface area contributed by atoms with Crippen LogP contribution in [-0.2, 0) is 16.1 Å². The Morgan fingerprint density at radius 2 is 2.00 bits per heavy atom. The number of amides is 2. The van der Waals surface area contributed by atoms with Gasteiger partial charge in [0.25, 0.3) is 5.91 Å². The highest BCUT2D eigenvalue weighted by atomic mass is 35.5. The van der Waals surface area contributed by atoms with Gasteiger partial charge in [0.2, 0.25) is 5.91 Å². The maximum Gasteiger partial charge on any atom is 0.257 e. The first kappa shape index (κ1) is 24.0. The third-order valence-electron chi connectivity index (χ3n) is 5.00. The molecule has 7 nitrogen and oxygen atoms in total. The van der Waals surface area contributed by atoms with E-state index >= 15 is 0 Å². The summed E-state index contributed by atoms with van der Waals surface area (Å²) >= 11 is 0. The zero-order valence-electron chi connectivity index (χ0n) is 16.9. The number of benzene rings is 1. The second-order valence-corrected chi connectivity index (χ2v) is 7.25. The molecule has 28 heavy (non-hydrogen) atoms. The Labute approximate surface area is 173 Å². The molecule has 1 aliphatic carbocycles. The summed E-state index contributed by atoms with van der Waals surface area (Å²) in [5.74, 6) is 0.657. The van der Waals surface area contributed by atoms with Crippen molar-refractivity contribution in [2.75, 3.05) is 20.3 Å². The molecule has 0 heterocycles. The Balaban J connectivity index is 0.00000392. The van der Waals surface area contributed by atoms with Gasteiger partial charge in [-0.1, -0.05) is 18.9 Å². The number of ether oxygens (including phenoxy) is 2. The van der Waals surface area contributed by atoms with Crippen molar-refractivity contribution in [3.63, 3.8) is 0 Å². The van der Waals surface area contributed by atoms with E-state index in [4.69, 9.17) is 15.2 Å². The topological polar surface area (TPSA) is 103 Å². The highest BCUT2D eigenvalue weighted by Crippen LogP contribution is 2.32. The van der Waals surface area contributed by atoms with E-state index in [9.17, 15) is 9.59 Å². The number of carbonyl (C=O) groups is 2. The zero-order valence-corrected chi connectivity index (χ0v) is 17.7. The zero-order chi connectivity index (χ0) is 19.9. The third-order valence-corrected chi connectivity index (χ3v) is 5.00. The van der Waals surface area contributed by atoms with E-state index in [2.05, 4.69) is 10.6 Å². The Hall–Kier alpha value is -1.99. The van der Waals surface area contributed by atoms with Gasteiger partial charge in [0, 0.05) is 18.6 Å². The third kappa shape index (κ3) is 6.56. The van der Waals surface area contributed by atoms with E-state index in [-0.39, 0.29) is 36.7 Å². The fourth-order valence-corrected chi connectivity index (χ4v) is 3.43. The van der Waals surface area contributed by atoms with Crippen LogP contribution in [-0.4, -0.2) is 37.6 Å². The summed E-state index contributed by atoms with van der Waals surface area (Å²) in [4.78, 5) is 24.1. The van der Waals surface area contributed by atoms with Gasteiger partial charge in [-0.15, -0.1) is 12.4 Å². The van der Waals surface area contributed by atoms with Gasteiger partial charge in [0.05, 0.1) is 13.0 Å². The number of rotatable bonds is 8. The lowest BCUT2D eigenvalue weighted by molar-refractivity contribution is -0.128. The Morgan fingerprint density at radius 3 is 2.64 bits per heavy atom. The summed E-state index contributed by atoms with van der Waals surface area (Å²) in [6.07, 6.45) is 3.81. The van der Waals surface area contributed by atoms with E-state index in [0.29, 0.717) is 24.6 Å². The van der Waals surface area contributed by atoms with Gasteiger partial charge in [-0.3, -0.25) is 9.59 Å². The number of carbonyl (C=O) groups excluding carboxylic acids is 2. The molecule has 2 rings (SSSR count). The summed E-state index contributed by atoms with van der Waals surface area (Å²) in [6, 6.07) is 5.39. The van der Waals surface area contributed by atoms with Crippen LogP contribution in [0.1, 0.15) is 45.1 Å². The molecule has 1 aromatic carbocycles. The fourth-order valence-electron chi connectivity index (χ4n) is 3.43. The molecular weight excluding hydrogens is 382 g/mol. The van der Waals surface area contributed by atoms with Crippen molar-refractivity contribution < 1.29 is 19.1 Å². The lowest BCUT2D eigenvalue weighted by Crippen LogP contribution is -2.52. The van der Waals surface area contributed by atoms with Gasteiger partial charge in [-0.05, 0) is 44.4 Å². The molecule has 0 radical (unpaired) electrons. The lowest BCUT2D eigenvalue weighted by atomic mass is 9.74. The first-order valence-electron chi connectivity index (χ1n) is 9.50. The molecule has 2 amide bonds. The summed E-state index contributed by atoms with van der Waals surface area (Å²) in [7, 11) is 1.54. The Kier molecular flexibility index (Phi) is 9.55. The van der Waals surface area contributed by atoms with Crippen molar-refractivity contribution in [2.45, 2.75) is 51.6 Å². The first-order chi connectivity index (χ1) is 12.9. The van der Waals surface area contributed by atoms with Crippen LogP contribution in [0.2, 0.25) is 0 Å². The fraction of sp³-hybridized carbons (Fsp3) is 0.600. The minimum atomic E-state index is -0.448. The normalized spacial score (nSPS) is 21.2. The molecule has 0 bridgehead atoms. The summed E-state index contributed by atoms with van der Waals surface area (Å²) in [5, 5.41) is 5.66. The minimum Gasteiger partial charge on any atom is -0.493 e. The smallest absolute Gasteiger partial charge is 0.257 e. The molecule has 0 aliphatic heterocycles. The van der Waals surface area contributed by atoms with Crippen molar-refractivity contribution in [3.05, 3.63) is 23.8 Å². The molecule has 1 fully saturated rings. The van der Waals surface area contributed by atoms with Crippen molar-refractivity contribution in [3.8, 4) is 11.5 Å². The van der Waals surface area contributed by atoms with Crippen LogP contribution in [0.15, 0.2) is 18.2 Å². The number of nitrogens with one attached hydrogen (secondary N) is 2. The molecule has 2 unspecified atom stereocenters. The summed E-state index contributed by atoms with van der Waals surface area (Å²) in [6.45, 7) is 4.68. The number of halogens is 1. The largest absolute Gasteiger partial charge is 0.493 e. The molecule has 0 aromatic heterocycles. The SMILES string of the molecule is CCNC(=O)COc1ccc(CNC(=O)C2CCCCC2(C)N)cc1OC.Cl. The van der Waals surface area contributed by atoms with E-state index in [0.717, 1.165) is 31.2 Å². The quantitative estimate of drug-likeness (QED) is 0.606. The van der Waals surface area contributed by atoms with Crippen LogP contribution in [0, 0.1) is 5.92 Å². The highest BCUT2D eigenvalue weighted by molar-refractivity contribution is 5.85. The standard InChI is InChI=1S/C20H31N3O4.ClH/c1-4-22-18(24)13-27-16-9-8-14(11-17(16)26-3)12-23-19(25)15-7-5-6-10-20(15,2)21;/h8-9,11,15H,4-7,10,12-13,21H2,1-3H3,(H,22,24)(H,23,25);1H.